The third kappa shape index (κ3) is 4.36. The van der Waals surface area contributed by atoms with Crippen LogP contribution in [0.15, 0.2) is 22.7 Å². The SMILES string of the molecule is CCCCC(CC)(CN)Cc1cc(F)cc(Br)c1. The predicted molar refractivity (Wildman–Crippen MR) is 79.1 cm³/mol. The Bertz CT molecular complexity index is 355. The highest BCUT2D eigenvalue weighted by atomic mass is 79.9. The summed E-state index contributed by atoms with van der Waals surface area (Å²) in [5.41, 5.74) is 7.12. The van der Waals surface area contributed by atoms with Gasteiger partial charge in [-0.2, -0.15) is 0 Å². The Labute approximate surface area is 118 Å². The van der Waals surface area contributed by atoms with Gasteiger partial charge >= 0.3 is 0 Å². The second kappa shape index (κ2) is 7.25. The average Bonchev–Trinajstić information content (AvgIpc) is 2.33. The zero-order valence-electron chi connectivity index (χ0n) is 11.3. The van der Waals surface area contributed by atoms with Crippen LogP contribution in [0.25, 0.3) is 0 Å². The van der Waals surface area contributed by atoms with Crippen molar-refractivity contribution in [1.82, 2.24) is 0 Å². The lowest BCUT2D eigenvalue weighted by atomic mass is 9.75. The fraction of sp³-hybridized carbons (Fsp3) is 0.600. The topological polar surface area (TPSA) is 26.0 Å². The summed E-state index contributed by atoms with van der Waals surface area (Å²) in [6, 6.07) is 5.11. The first-order valence-corrected chi connectivity index (χ1v) is 7.49. The Morgan fingerprint density at radius 1 is 1.28 bits per heavy atom. The molecule has 0 aliphatic heterocycles. The van der Waals surface area contributed by atoms with Gasteiger partial charge in [0.05, 0.1) is 0 Å². The molecule has 102 valence electrons. The lowest BCUT2D eigenvalue weighted by Crippen LogP contribution is -2.32. The van der Waals surface area contributed by atoms with Gasteiger partial charge in [0.25, 0.3) is 0 Å². The molecule has 1 atom stereocenters. The number of benzene rings is 1. The summed E-state index contributed by atoms with van der Waals surface area (Å²) >= 11 is 3.35. The molecular weight excluding hydrogens is 293 g/mol. The molecule has 0 bridgehead atoms. The first kappa shape index (κ1) is 15.6. The molecule has 2 N–H and O–H groups in total. The Kier molecular flexibility index (Phi) is 6.30. The summed E-state index contributed by atoms with van der Waals surface area (Å²) in [6.07, 6.45) is 5.37. The molecule has 1 aromatic rings. The van der Waals surface area contributed by atoms with E-state index < -0.39 is 0 Å². The van der Waals surface area contributed by atoms with Crippen LogP contribution >= 0.6 is 15.9 Å². The van der Waals surface area contributed by atoms with E-state index in [1.54, 1.807) is 6.07 Å². The van der Waals surface area contributed by atoms with Gasteiger partial charge in [0.2, 0.25) is 0 Å². The molecule has 0 fully saturated rings. The molecule has 18 heavy (non-hydrogen) atoms. The molecule has 0 amide bonds. The highest BCUT2D eigenvalue weighted by Crippen LogP contribution is 2.33. The summed E-state index contributed by atoms with van der Waals surface area (Å²) < 4.78 is 14.2. The van der Waals surface area contributed by atoms with Crippen LogP contribution in [0, 0.1) is 11.2 Å². The van der Waals surface area contributed by atoms with Gasteiger partial charge in [-0.05, 0) is 55.0 Å². The first-order chi connectivity index (χ1) is 8.55. The van der Waals surface area contributed by atoms with Crippen molar-refractivity contribution >= 4 is 15.9 Å². The molecule has 0 saturated heterocycles. The Hall–Kier alpha value is -0.410. The maximum absolute atomic E-state index is 13.4. The number of hydrogen-bond acceptors (Lipinski definition) is 1. The Morgan fingerprint density at radius 3 is 2.50 bits per heavy atom. The van der Waals surface area contributed by atoms with Crippen LogP contribution in [-0.2, 0) is 6.42 Å². The predicted octanol–water partition coefficient (Wildman–Crippen LogP) is 4.68. The smallest absolute Gasteiger partial charge is 0.124 e. The van der Waals surface area contributed by atoms with E-state index in [0.29, 0.717) is 6.54 Å². The van der Waals surface area contributed by atoms with Gasteiger partial charge in [0, 0.05) is 4.47 Å². The van der Waals surface area contributed by atoms with Crippen molar-refractivity contribution in [3.05, 3.63) is 34.1 Å². The van der Waals surface area contributed by atoms with Crippen LogP contribution in [0.5, 0.6) is 0 Å². The fourth-order valence-electron chi connectivity index (χ4n) is 2.41. The summed E-state index contributed by atoms with van der Waals surface area (Å²) in [7, 11) is 0. The molecular formula is C15H23BrFN. The van der Waals surface area contributed by atoms with E-state index in [-0.39, 0.29) is 11.2 Å². The molecule has 0 saturated carbocycles. The van der Waals surface area contributed by atoms with Crippen LogP contribution in [0.1, 0.15) is 45.1 Å². The summed E-state index contributed by atoms with van der Waals surface area (Å²) in [5.74, 6) is -0.183. The Balaban J connectivity index is 2.88. The van der Waals surface area contributed by atoms with E-state index in [2.05, 4.69) is 29.8 Å². The highest BCUT2D eigenvalue weighted by Gasteiger charge is 2.26. The summed E-state index contributed by atoms with van der Waals surface area (Å²) in [6.45, 7) is 5.03. The molecule has 0 aliphatic carbocycles. The van der Waals surface area contributed by atoms with Crippen molar-refractivity contribution in [3.63, 3.8) is 0 Å². The van der Waals surface area contributed by atoms with Gasteiger partial charge in [-0.25, -0.2) is 4.39 Å². The molecule has 1 nitrogen and oxygen atoms in total. The molecule has 0 aromatic heterocycles. The number of rotatable bonds is 7. The van der Waals surface area contributed by atoms with Crippen LogP contribution in [0.4, 0.5) is 4.39 Å². The van der Waals surface area contributed by atoms with Gasteiger partial charge < -0.3 is 5.73 Å². The van der Waals surface area contributed by atoms with Crippen molar-refractivity contribution in [1.29, 1.82) is 0 Å². The lowest BCUT2D eigenvalue weighted by Gasteiger charge is -2.32. The maximum Gasteiger partial charge on any atom is 0.124 e. The lowest BCUT2D eigenvalue weighted by molar-refractivity contribution is 0.251. The van der Waals surface area contributed by atoms with Crippen molar-refractivity contribution in [2.24, 2.45) is 11.1 Å². The van der Waals surface area contributed by atoms with Crippen molar-refractivity contribution in [2.75, 3.05) is 6.54 Å². The van der Waals surface area contributed by atoms with Gasteiger partial charge in [-0.3, -0.25) is 0 Å². The van der Waals surface area contributed by atoms with Crippen molar-refractivity contribution in [2.45, 2.75) is 46.0 Å². The van der Waals surface area contributed by atoms with E-state index in [4.69, 9.17) is 5.73 Å². The van der Waals surface area contributed by atoms with Crippen molar-refractivity contribution < 1.29 is 4.39 Å². The van der Waals surface area contributed by atoms with E-state index >= 15 is 0 Å². The summed E-state index contributed by atoms with van der Waals surface area (Å²) in [5, 5.41) is 0. The molecule has 0 heterocycles. The Morgan fingerprint density at radius 2 is 2.00 bits per heavy atom. The summed E-state index contributed by atoms with van der Waals surface area (Å²) in [4.78, 5) is 0. The van der Waals surface area contributed by atoms with Gasteiger partial charge in [-0.15, -0.1) is 0 Å². The molecule has 3 heteroatoms. The molecule has 0 radical (unpaired) electrons. The first-order valence-electron chi connectivity index (χ1n) is 6.70. The highest BCUT2D eigenvalue weighted by molar-refractivity contribution is 9.10. The van der Waals surface area contributed by atoms with Crippen LogP contribution < -0.4 is 5.73 Å². The van der Waals surface area contributed by atoms with Crippen LogP contribution in [0.3, 0.4) is 0 Å². The van der Waals surface area contributed by atoms with Crippen LogP contribution in [0.2, 0.25) is 0 Å². The minimum atomic E-state index is -0.183. The van der Waals surface area contributed by atoms with E-state index in [0.717, 1.165) is 29.3 Å². The third-order valence-corrected chi connectivity index (χ3v) is 4.20. The molecule has 0 aliphatic rings. The van der Waals surface area contributed by atoms with Crippen molar-refractivity contribution in [3.8, 4) is 0 Å². The monoisotopic (exact) mass is 315 g/mol. The molecule has 1 rings (SSSR count). The standard InChI is InChI=1S/C15H23BrFN/c1-3-5-6-15(4-2,11-18)10-12-7-13(16)9-14(17)8-12/h7-9H,3-6,10-11,18H2,1-2H3. The molecule has 1 unspecified atom stereocenters. The van der Waals surface area contributed by atoms with Gasteiger partial charge in [0.15, 0.2) is 0 Å². The number of nitrogens with two attached hydrogens (primary N) is 1. The zero-order chi connectivity index (χ0) is 13.6. The van der Waals surface area contributed by atoms with E-state index in [1.165, 1.54) is 18.9 Å². The zero-order valence-corrected chi connectivity index (χ0v) is 12.9. The largest absolute Gasteiger partial charge is 0.330 e. The van der Waals surface area contributed by atoms with Crippen LogP contribution in [-0.4, -0.2) is 6.54 Å². The molecule has 0 spiro atoms. The average molecular weight is 316 g/mol. The number of unbranched alkanes of at least 4 members (excludes halogenated alkanes) is 1. The van der Waals surface area contributed by atoms with E-state index in [9.17, 15) is 4.39 Å². The van der Waals surface area contributed by atoms with Gasteiger partial charge in [-0.1, -0.05) is 42.6 Å². The maximum atomic E-state index is 13.4. The minimum absolute atomic E-state index is 0.114. The normalized spacial score (nSPS) is 14.5. The quantitative estimate of drug-likeness (QED) is 0.777. The number of halogens is 2. The second-order valence-electron chi connectivity index (χ2n) is 5.12. The van der Waals surface area contributed by atoms with Gasteiger partial charge in [0.1, 0.15) is 5.82 Å². The van der Waals surface area contributed by atoms with E-state index in [1.807, 2.05) is 6.07 Å². The third-order valence-electron chi connectivity index (χ3n) is 3.75. The molecule has 1 aromatic carbocycles. The second-order valence-corrected chi connectivity index (χ2v) is 6.03. The fourth-order valence-corrected chi connectivity index (χ4v) is 2.92. The minimum Gasteiger partial charge on any atom is -0.330 e. The number of hydrogen-bond donors (Lipinski definition) is 1.